The molecular weight excluding hydrogens is 568 g/mol. The van der Waals surface area contributed by atoms with Gasteiger partial charge in [-0.05, 0) is 68.1 Å². The number of aryl methyl sites for hydroxylation is 1. The van der Waals surface area contributed by atoms with Crippen molar-refractivity contribution in [1.82, 2.24) is 20.5 Å². The normalized spacial score (nSPS) is 17.0. The molecule has 1 aliphatic rings. The number of halogens is 1. The molecule has 0 spiro atoms. The van der Waals surface area contributed by atoms with Gasteiger partial charge in [0.2, 0.25) is 0 Å². The Morgan fingerprint density at radius 1 is 1.07 bits per heavy atom. The fourth-order valence-corrected chi connectivity index (χ4v) is 6.54. The van der Waals surface area contributed by atoms with Crippen LogP contribution in [0.4, 0.5) is 0 Å². The number of carbonyl (C=O) groups is 2. The lowest BCUT2D eigenvalue weighted by molar-refractivity contribution is 0.0733. The second kappa shape index (κ2) is 13.6. The molecule has 2 heterocycles. The summed E-state index contributed by atoms with van der Waals surface area (Å²) in [5.74, 6) is -0.464. The average Bonchev–Trinajstić information content (AvgIpc) is 3.66. The zero-order chi connectivity index (χ0) is 29.6. The van der Waals surface area contributed by atoms with Crippen molar-refractivity contribution in [2.45, 2.75) is 57.5 Å². The first-order valence-corrected chi connectivity index (χ1v) is 15.4. The maximum absolute atomic E-state index is 13.5. The summed E-state index contributed by atoms with van der Waals surface area (Å²) in [4.78, 5) is 33.3. The molecule has 0 radical (unpaired) electrons. The summed E-state index contributed by atoms with van der Waals surface area (Å²) < 4.78 is 0. The molecule has 4 atom stereocenters. The molecule has 2 amide bonds. The van der Waals surface area contributed by atoms with Gasteiger partial charge in [-0.2, -0.15) is 0 Å². The minimum atomic E-state index is -0.938. The van der Waals surface area contributed by atoms with E-state index in [9.17, 15) is 14.7 Å². The number of aromatic nitrogens is 1. The molecule has 0 bridgehead atoms. The van der Waals surface area contributed by atoms with Crippen LogP contribution < -0.4 is 10.6 Å². The number of amides is 2. The van der Waals surface area contributed by atoms with Crippen LogP contribution in [-0.4, -0.2) is 45.5 Å². The average molecular weight is 603 g/mol. The van der Waals surface area contributed by atoms with Crippen LogP contribution in [0.5, 0.6) is 0 Å². The Labute approximate surface area is 255 Å². The lowest BCUT2D eigenvalue weighted by Gasteiger charge is -2.30. The Morgan fingerprint density at radius 3 is 2.57 bits per heavy atom. The maximum atomic E-state index is 13.5. The fraction of sp³-hybridized carbons (Fsp3) is 0.303. The van der Waals surface area contributed by atoms with Crippen LogP contribution in [0.25, 0.3) is 0 Å². The van der Waals surface area contributed by atoms with E-state index in [-0.39, 0.29) is 17.9 Å². The Bertz CT molecular complexity index is 1530. The number of likely N-dealkylation sites (tertiary alicyclic amines) is 1. The highest BCUT2D eigenvalue weighted by molar-refractivity contribution is 7.09. The number of aliphatic hydroxyl groups excluding tert-OH is 1. The van der Waals surface area contributed by atoms with Gasteiger partial charge in [0.1, 0.15) is 5.01 Å². The van der Waals surface area contributed by atoms with E-state index in [0.29, 0.717) is 29.2 Å². The highest BCUT2D eigenvalue weighted by Crippen LogP contribution is 2.35. The second-order valence-electron chi connectivity index (χ2n) is 10.7. The summed E-state index contributed by atoms with van der Waals surface area (Å²) in [6.07, 6.45) is 0.855. The first-order chi connectivity index (χ1) is 20.3. The zero-order valence-corrected chi connectivity index (χ0v) is 25.2. The number of rotatable bonds is 10. The minimum Gasteiger partial charge on any atom is -0.389 e. The van der Waals surface area contributed by atoms with Crippen LogP contribution >= 0.6 is 22.9 Å². The number of thiazole rings is 1. The predicted octanol–water partition coefficient (Wildman–Crippen LogP) is 6.09. The lowest BCUT2D eigenvalue weighted by Crippen LogP contribution is -2.47. The molecular formula is C33H35ClN4O3S. The van der Waals surface area contributed by atoms with E-state index >= 15 is 0 Å². The first kappa shape index (κ1) is 29.9. The summed E-state index contributed by atoms with van der Waals surface area (Å²) >= 11 is 7.74. The van der Waals surface area contributed by atoms with Crippen LogP contribution in [0.15, 0.2) is 84.2 Å². The van der Waals surface area contributed by atoms with Crippen molar-refractivity contribution in [3.05, 3.63) is 122 Å². The monoisotopic (exact) mass is 602 g/mol. The fourth-order valence-electron chi connectivity index (χ4n) is 5.39. The number of aliphatic hydroxyl groups is 1. The Morgan fingerprint density at radius 2 is 1.83 bits per heavy atom. The summed E-state index contributed by atoms with van der Waals surface area (Å²) in [6, 6.07) is 22.9. The molecule has 3 N–H and O–H groups in total. The summed E-state index contributed by atoms with van der Waals surface area (Å²) in [7, 11) is 0. The van der Waals surface area contributed by atoms with Crippen LogP contribution in [0, 0.1) is 6.92 Å². The third kappa shape index (κ3) is 7.07. The first-order valence-electron chi connectivity index (χ1n) is 14.1. The van der Waals surface area contributed by atoms with Gasteiger partial charge in [-0.3, -0.25) is 9.59 Å². The molecule has 1 aliphatic heterocycles. The van der Waals surface area contributed by atoms with Crippen molar-refractivity contribution in [2.24, 2.45) is 0 Å². The third-order valence-electron chi connectivity index (χ3n) is 7.59. The van der Waals surface area contributed by atoms with Crippen molar-refractivity contribution in [3.8, 4) is 0 Å². The van der Waals surface area contributed by atoms with Crippen molar-refractivity contribution >= 4 is 34.8 Å². The van der Waals surface area contributed by atoms with Gasteiger partial charge >= 0.3 is 0 Å². The number of hydrogen-bond donors (Lipinski definition) is 3. The van der Waals surface area contributed by atoms with E-state index in [1.165, 1.54) is 0 Å². The Kier molecular flexibility index (Phi) is 9.69. The van der Waals surface area contributed by atoms with Crippen molar-refractivity contribution in [1.29, 1.82) is 0 Å². The smallest absolute Gasteiger partial charge is 0.254 e. The quantitative estimate of drug-likeness (QED) is 0.204. The van der Waals surface area contributed by atoms with Gasteiger partial charge in [0.25, 0.3) is 11.8 Å². The molecule has 1 saturated heterocycles. The molecule has 7 nitrogen and oxygen atoms in total. The molecule has 1 aromatic heterocycles. The molecule has 42 heavy (non-hydrogen) atoms. The topological polar surface area (TPSA) is 94.6 Å². The molecule has 3 aromatic carbocycles. The van der Waals surface area contributed by atoms with E-state index in [1.54, 1.807) is 42.5 Å². The van der Waals surface area contributed by atoms with Gasteiger partial charge < -0.3 is 20.6 Å². The van der Waals surface area contributed by atoms with Crippen molar-refractivity contribution in [2.75, 3.05) is 6.54 Å². The van der Waals surface area contributed by atoms with E-state index in [0.717, 1.165) is 34.7 Å². The standard InChI is InChI=1S/C33H35ClN4O3S/c1-21-20-42-32(36-21)28-15-8-16-38(28)33(41)26-13-7-12-25(18-26)31(40)37-22(2)30(39)29(24-10-4-3-5-11-24)35-19-23-9-6-14-27(34)17-23/h3-7,9-14,17-18,20,22,28-30,35,39H,8,15-16,19H2,1-2H3,(H,37,40). The molecule has 4 unspecified atom stereocenters. The summed E-state index contributed by atoms with van der Waals surface area (Å²) in [5.41, 5.74) is 3.67. The Balaban J connectivity index is 1.27. The van der Waals surface area contributed by atoms with Gasteiger partial charge in [0, 0.05) is 40.3 Å². The highest BCUT2D eigenvalue weighted by Gasteiger charge is 2.33. The lowest BCUT2D eigenvalue weighted by atomic mass is 9.96. The summed E-state index contributed by atoms with van der Waals surface area (Å²) in [5, 5.41) is 21.4. The highest BCUT2D eigenvalue weighted by atomic mass is 35.5. The molecule has 218 valence electrons. The van der Waals surface area contributed by atoms with Crippen LogP contribution in [0.1, 0.15) is 74.4 Å². The largest absolute Gasteiger partial charge is 0.389 e. The van der Waals surface area contributed by atoms with E-state index < -0.39 is 18.2 Å². The number of hydrogen-bond acceptors (Lipinski definition) is 6. The van der Waals surface area contributed by atoms with Gasteiger partial charge in [0.15, 0.2) is 0 Å². The minimum absolute atomic E-state index is 0.0433. The molecule has 1 fully saturated rings. The molecule has 0 aliphatic carbocycles. The third-order valence-corrected chi connectivity index (χ3v) is 8.89. The predicted molar refractivity (Wildman–Crippen MR) is 167 cm³/mol. The van der Waals surface area contributed by atoms with E-state index in [2.05, 4.69) is 15.6 Å². The number of benzene rings is 3. The van der Waals surface area contributed by atoms with Gasteiger partial charge in [-0.1, -0.05) is 60.1 Å². The Hall–Kier alpha value is -3.56. The maximum Gasteiger partial charge on any atom is 0.254 e. The van der Waals surface area contributed by atoms with Crippen LogP contribution in [0.2, 0.25) is 5.02 Å². The zero-order valence-electron chi connectivity index (χ0n) is 23.7. The summed E-state index contributed by atoms with van der Waals surface area (Å²) in [6.45, 7) is 4.88. The molecule has 0 saturated carbocycles. The number of carbonyl (C=O) groups excluding carboxylic acids is 2. The van der Waals surface area contributed by atoms with Gasteiger partial charge in [-0.15, -0.1) is 11.3 Å². The van der Waals surface area contributed by atoms with Gasteiger partial charge in [0.05, 0.1) is 24.2 Å². The van der Waals surface area contributed by atoms with E-state index in [4.69, 9.17) is 11.6 Å². The SMILES string of the molecule is Cc1csc(C2CCCN2C(=O)c2cccc(C(=O)NC(C)C(O)C(NCc3cccc(Cl)c3)c3ccccc3)c2)n1. The van der Waals surface area contributed by atoms with Crippen LogP contribution in [0.3, 0.4) is 0 Å². The van der Waals surface area contributed by atoms with Crippen molar-refractivity contribution in [3.63, 3.8) is 0 Å². The number of nitrogens with zero attached hydrogens (tertiary/aromatic N) is 2. The van der Waals surface area contributed by atoms with Gasteiger partial charge in [-0.25, -0.2) is 4.98 Å². The second-order valence-corrected chi connectivity index (χ2v) is 12.0. The number of nitrogens with one attached hydrogen (secondary N) is 2. The molecule has 5 rings (SSSR count). The molecule has 9 heteroatoms. The van der Waals surface area contributed by atoms with Crippen LogP contribution in [-0.2, 0) is 6.54 Å². The molecule has 4 aromatic rings. The van der Waals surface area contributed by atoms with Crippen molar-refractivity contribution < 1.29 is 14.7 Å². The van der Waals surface area contributed by atoms with E-state index in [1.807, 2.05) is 71.8 Å².